The van der Waals surface area contributed by atoms with E-state index in [-0.39, 0.29) is 12.0 Å². The van der Waals surface area contributed by atoms with Crippen LogP contribution in [-0.2, 0) is 4.74 Å². The number of hydrogen-bond donors (Lipinski definition) is 2. The number of aromatic nitrogens is 2. The van der Waals surface area contributed by atoms with Gasteiger partial charge in [-0.1, -0.05) is 28.1 Å². The van der Waals surface area contributed by atoms with Crippen molar-refractivity contribution < 1.29 is 14.6 Å². The van der Waals surface area contributed by atoms with Crippen molar-refractivity contribution >= 4 is 21.8 Å². The molecular formula is C16H18BrN3O3. The Balaban J connectivity index is 1.77. The van der Waals surface area contributed by atoms with Crippen molar-refractivity contribution in [2.24, 2.45) is 0 Å². The van der Waals surface area contributed by atoms with Gasteiger partial charge in [-0.2, -0.15) is 5.10 Å². The number of nitrogens with zero attached hydrogens (tertiary/aromatic N) is 2. The third-order valence-electron chi connectivity index (χ3n) is 3.96. The second-order valence-electron chi connectivity index (χ2n) is 5.63. The smallest absolute Gasteiger partial charge is 0.272 e. The van der Waals surface area contributed by atoms with Crippen molar-refractivity contribution in [1.29, 1.82) is 0 Å². The number of likely N-dealkylation sites (tertiary alicyclic amines) is 1. The first-order valence-corrected chi connectivity index (χ1v) is 8.17. The summed E-state index contributed by atoms with van der Waals surface area (Å²) in [4.78, 5) is 14.2. The molecule has 3 rings (SSSR count). The van der Waals surface area contributed by atoms with Crippen molar-refractivity contribution in [3.05, 3.63) is 40.5 Å². The second kappa shape index (κ2) is 6.82. The summed E-state index contributed by atoms with van der Waals surface area (Å²) in [6, 6.07) is 9.44. The number of amides is 1. The van der Waals surface area contributed by atoms with Gasteiger partial charge in [-0.05, 0) is 18.2 Å². The van der Waals surface area contributed by atoms with E-state index in [1.54, 1.807) is 18.1 Å². The molecule has 0 bridgehead atoms. The van der Waals surface area contributed by atoms with Crippen molar-refractivity contribution in [1.82, 2.24) is 15.1 Å². The molecule has 122 valence electrons. The summed E-state index contributed by atoms with van der Waals surface area (Å²) >= 11 is 3.39. The number of aliphatic hydroxyl groups is 1. The van der Waals surface area contributed by atoms with Gasteiger partial charge in [0.05, 0.1) is 17.9 Å². The number of piperidine rings is 1. The van der Waals surface area contributed by atoms with Gasteiger partial charge in [0.1, 0.15) is 5.69 Å². The molecule has 23 heavy (non-hydrogen) atoms. The Morgan fingerprint density at radius 2 is 2.13 bits per heavy atom. The third-order valence-corrected chi connectivity index (χ3v) is 4.49. The first kappa shape index (κ1) is 16.2. The largest absolute Gasteiger partial charge is 0.391 e. The molecule has 0 spiro atoms. The van der Waals surface area contributed by atoms with Gasteiger partial charge < -0.3 is 14.7 Å². The average Bonchev–Trinajstić information content (AvgIpc) is 3.04. The summed E-state index contributed by atoms with van der Waals surface area (Å²) in [5, 5.41) is 16.9. The molecule has 2 atom stereocenters. The van der Waals surface area contributed by atoms with Gasteiger partial charge in [0.2, 0.25) is 0 Å². The van der Waals surface area contributed by atoms with Gasteiger partial charge in [0.15, 0.2) is 0 Å². The summed E-state index contributed by atoms with van der Waals surface area (Å²) in [6.07, 6.45) is -0.156. The van der Waals surface area contributed by atoms with Gasteiger partial charge in [0, 0.05) is 36.7 Å². The maximum Gasteiger partial charge on any atom is 0.272 e. The fourth-order valence-electron chi connectivity index (χ4n) is 2.73. The van der Waals surface area contributed by atoms with Crippen LogP contribution < -0.4 is 0 Å². The van der Waals surface area contributed by atoms with Crippen LogP contribution in [0, 0.1) is 0 Å². The zero-order valence-corrected chi connectivity index (χ0v) is 14.3. The number of methoxy groups -OCH3 is 1. The highest BCUT2D eigenvalue weighted by Gasteiger charge is 2.30. The van der Waals surface area contributed by atoms with Crippen LogP contribution in [0.25, 0.3) is 11.3 Å². The number of ether oxygens (including phenoxy) is 1. The van der Waals surface area contributed by atoms with E-state index in [4.69, 9.17) is 4.74 Å². The zero-order valence-electron chi connectivity index (χ0n) is 12.7. The Hall–Kier alpha value is -1.70. The van der Waals surface area contributed by atoms with Crippen molar-refractivity contribution in [3.8, 4) is 11.3 Å². The molecule has 2 aromatic rings. The fraction of sp³-hybridized carbons (Fsp3) is 0.375. The quantitative estimate of drug-likeness (QED) is 0.855. The van der Waals surface area contributed by atoms with E-state index >= 15 is 0 Å². The Labute approximate surface area is 142 Å². The van der Waals surface area contributed by atoms with Crippen LogP contribution in [0.1, 0.15) is 16.9 Å². The molecule has 7 heteroatoms. The lowest BCUT2D eigenvalue weighted by atomic mass is 10.0. The number of aromatic amines is 1. The number of β-amino-alcohol motifs (C(OH)–C–C–N with tert-alkyl or cyclic N) is 1. The first-order valence-electron chi connectivity index (χ1n) is 7.38. The van der Waals surface area contributed by atoms with E-state index in [9.17, 15) is 9.90 Å². The lowest BCUT2D eigenvalue weighted by Crippen LogP contribution is -2.49. The lowest BCUT2D eigenvalue weighted by Gasteiger charge is -2.34. The summed E-state index contributed by atoms with van der Waals surface area (Å²) in [7, 11) is 1.59. The maximum atomic E-state index is 12.6. The fourth-order valence-corrected chi connectivity index (χ4v) is 3.00. The predicted octanol–water partition coefficient (Wildman–Crippen LogP) is 2.06. The Kier molecular flexibility index (Phi) is 4.79. The normalized spacial score (nSPS) is 21.4. The molecule has 1 amide bonds. The summed E-state index contributed by atoms with van der Waals surface area (Å²) in [5.74, 6) is -0.179. The van der Waals surface area contributed by atoms with Gasteiger partial charge in [-0.25, -0.2) is 0 Å². The molecule has 1 saturated heterocycles. The minimum Gasteiger partial charge on any atom is -0.391 e. The van der Waals surface area contributed by atoms with E-state index in [0.717, 1.165) is 10.0 Å². The number of carbonyl (C=O) groups excluding carboxylic acids is 1. The van der Waals surface area contributed by atoms with Crippen LogP contribution in [0.2, 0.25) is 0 Å². The number of halogens is 1. The SMILES string of the molecule is COC1CC(O)CN(C(=O)c2cc(-c3ccc(Br)cc3)n[nH]2)C1. The molecular weight excluding hydrogens is 362 g/mol. The molecule has 2 heterocycles. The van der Waals surface area contributed by atoms with Crippen LogP contribution in [0.4, 0.5) is 0 Å². The van der Waals surface area contributed by atoms with Gasteiger partial charge in [0.25, 0.3) is 5.91 Å². The number of hydrogen-bond acceptors (Lipinski definition) is 4. The molecule has 2 N–H and O–H groups in total. The molecule has 0 radical (unpaired) electrons. The van der Waals surface area contributed by atoms with Crippen LogP contribution in [0.3, 0.4) is 0 Å². The number of nitrogens with one attached hydrogen (secondary N) is 1. The Morgan fingerprint density at radius 3 is 2.83 bits per heavy atom. The highest BCUT2D eigenvalue weighted by Crippen LogP contribution is 2.22. The number of H-pyrrole nitrogens is 1. The molecule has 1 aliphatic heterocycles. The summed E-state index contributed by atoms with van der Waals surface area (Å²) in [6.45, 7) is 0.782. The zero-order chi connectivity index (χ0) is 16.4. The topological polar surface area (TPSA) is 78.5 Å². The summed E-state index contributed by atoms with van der Waals surface area (Å²) in [5.41, 5.74) is 2.05. The molecule has 1 fully saturated rings. The minimum absolute atomic E-state index is 0.142. The Morgan fingerprint density at radius 1 is 1.39 bits per heavy atom. The van der Waals surface area contributed by atoms with E-state index in [2.05, 4.69) is 26.1 Å². The molecule has 2 unspecified atom stereocenters. The predicted molar refractivity (Wildman–Crippen MR) is 89.0 cm³/mol. The van der Waals surface area contributed by atoms with Gasteiger partial charge in [-0.15, -0.1) is 0 Å². The number of benzene rings is 1. The molecule has 1 aliphatic rings. The molecule has 6 nitrogen and oxygen atoms in total. The lowest BCUT2D eigenvalue weighted by molar-refractivity contribution is -0.0226. The number of rotatable bonds is 3. The molecule has 0 aliphatic carbocycles. The van der Waals surface area contributed by atoms with Crippen LogP contribution >= 0.6 is 15.9 Å². The van der Waals surface area contributed by atoms with Crippen LogP contribution in [0.15, 0.2) is 34.8 Å². The van der Waals surface area contributed by atoms with E-state index in [1.165, 1.54) is 0 Å². The van der Waals surface area contributed by atoms with Gasteiger partial charge in [-0.3, -0.25) is 9.89 Å². The minimum atomic E-state index is -0.563. The monoisotopic (exact) mass is 379 g/mol. The number of aliphatic hydroxyl groups excluding tert-OH is 1. The van der Waals surface area contributed by atoms with E-state index in [1.807, 2.05) is 24.3 Å². The summed E-state index contributed by atoms with van der Waals surface area (Å²) < 4.78 is 6.27. The standard InChI is InChI=1S/C16H18BrN3O3/c1-23-13-6-12(21)8-20(9-13)16(22)15-7-14(18-19-15)10-2-4-11(17)5-3-10/h2-5,7,12-13,21H,6,8-9H2,1H3,(H,18,19). The number of carbonyl (C=O) groups is 1. The molecule has 1 aromatic carbocycles. The van der Waals surface area contributed by atoms with Crippen LogP contribution in [0.5, 0.6) is 0 Å². The first-order chi connectivity index (χ1) is 11.1. The van der Waals surface area contributed by atoms with Crippen molar-refractivity contribution in [2.75, 3.05) is 20.2 Å². The second-order valence-corrected chi connectivity index (χ2v) is 6.55. The molecule has 1 aromatic heterocycles. The van der Waals surface area contributed by atoms with E-state index in [0.29, 0.717) is 30.9 Å². The van der Waals surface area contributed by atoms with Gasteiger partial charge >= 0.3 is 0 Å². The van der Waals surface area contributed by atoms with Crippen LogP contribution in [-0.4, -0.2) is 58.5 Å². The van der Waals surface area contributed by atoms with Crippen molar-refractivity contribution in [3.63, 3.8) is 0 Å². The Bertz CT molecular complexity index is 686. The highest BCUT2D eigenvalue weighted by molar-refractivity contribution is 9.10. The van der Waals surface area contributed by atoms with Crippen molar-refractivity contribution in [2.45, 2.75) is 18.6 Å². The maximum absolute atomic E-state index is 12.6. The van der Waals surface area contributed by atoms with E-state index < -0.39 is 6.10 Å². The average molecular weight is 380 g/mol. The third kappa shape index (κ3) is 3.63. The highest BCUT2D eigenvalue weighted by atomic mass is 79.9. The molecule has 0 saturated carbocycles.